The lowest BCUT2D eigenvalue weighted by Gasteiger charge is -2.23. The van der Waals surface area contributed by atoms with E-state index in [2.05, 4.69) is 29.7 Å². The van der Waals surface area contributed by atoms with Gasteiger partial charge in [0.1, 0.15) is 0 Å². The van der Waals surface area contributed by atoms with Crippen LogP contribution in [0, 0.1) is 12.8 Å². The molecule has 144 valence electrons. The Morgan fingerprint density at radius 3 is 2.63 bits per heavy atom. The van der Waals surface area contributed by atoms with E-state index >= 15 is 0 Å². The van der Waals surface area contributed by atoms with Crippen molar-refractivity contribution in [2.24, 2.45) is 5.92 Å². The highest BCUT2D eigenvalue weighted by atomic mass is 16.5. The molecule has 0 aliphatic carbocycles. The van der Waals surface area contributed by atoms with Gasteiger partial charge in [-0.2, -0.15) is 0 Å². The van der Waals surface area contributed by atoms with Gasteiger partial charge in [-0.25, -0.2) is 0 Å². The summed E-state index contributed by atoms with van der Waals surface area (Å²) in [5.41, 5.74) is 3.46. The maximum Gasteiger partial charge on any atom is 0.224 e. The normalized spacial score (nSPS) is 17.4. The van der Waals surface area contributed by atoms with E-state index < -0.39 is 0 Å². The van der Waals surface area contributed by atoms with Crippen molar-refractivity contribution in [1.82, 2.24) is 10.6 Å². The van der Waals surface area contributed by atoms with Crippen LogP contribution in [0.2, 0.25) is 0 Å². The molecule has 1 aliphatic heterocycles. The number of methoxy groups -OCH3 is 2. The van der Waals surface area contributed by atoms with Crippen molar-refractivity contribution in [1.29, 1.82) is 0 Å². The van der Waals surface area contributed by atoms with Gasteiger partial charge < -0.3 is 20.1 Å². The smallest absolute Gasteiger partial charge is 0.224 e. The maximum absolute atomic E-state index is 12.8. The zero-order valence-electron chi connectivity index (χ0n) is 16.2. The Balaban J connectivity index is 1.88. The molecule has 0 saturated carbocycles. The molecule has 0 aromatic heterocycles. The average molecular weight is 368 g/mol. The van der Waals surface area contributed by atoms with Crippen LogP contribution in [0.4, 0.5) is 0 Å². The Morgan fingerprint density at radius 2 is 1.96 bits per heavy atom. The summed E-state index contributed by atoms with van der Waals surface area (Å²) in [6, 6.07) is 14.0. The molecule has 1 fully saturated rings. The van der Waals surface area contributed by atoms with E-state index in [0.717, 1.165) is 31.5 Å². The van der Waals surface area contributed by atoms with Gasteiger partial charge in [0, 0.05) is 6.54 Å². The van der Waals surface area contributed by atoms with Crippen LogP contribution in [0.15, 0.2) is 42.5 Å². The van der Waals surface area contributed by atoms with E-state index in [9.17, 15) is 4.79 Å². The van der Waals surface area contributed by atoms with Crippen LogP contribution in [-0.2, 0) is 11.2 Å². The van der Waals surface area contributed by atoms with Crippen molar-refractivity contribution in [3.05, 3.63) is 59.2 Å². The first-order chi connectivity index (χ1) is 13.1. The Kier molecular flexibility index (Phi) is 6.35. The Morgan fingerprint density at radius 1 is 1.19 bits per heavy atom. The van der Waals surface area contributed by atoms with E-state index in [1.54, 1.807) is 14.2 Å². The number of amides is 1. The number of hydrogen-bond donors (Lipinski definition) is 2. The number of aryl methyl sites for hydroxylation is 1. The fraction of sp³-hybridized carbons (Fsp3) is 0.409. The zero-order valence-corrected chi connectivity index (χ0v) is 16.2. The number of hydrogen-bond acceptors (Lipinski definition) is 4. The quantitative estimate of drug-likeness (QED) is 0.789. The van der Waals surface area contributed by atoms with Crippen molar-refractivity contribution in [2.45, 2.75) is 25.8 Å². The fourth-order valence-electron chi connectivity index (χ4n) is 3.55. The van der Waals surface area contributed by atoms with Gasteiger partial charge in [0.15, 0.2) is 11.5 Å². The molecule has 0 bridgehead atoms. The second-order valence-corrected chi connectivity index (χ2v) is 7.00. The van der Waals surface area contributed by atoms with E-state index in [1.165, 1.54) is 11.1 Å². The summed E-state index contributed by atoms with van der Waals surface area (Å²) in [5, 5.41) is 6.53. The molecular formula is C22H28N2O3. The van der Waals surface area contributed by atoms with Crippen molar-refractivity contribution >= 4 is 5.91 Å². The van der Waals surface area contributed by atoms with Gasteiger partial charge in [-0.15, -0.1) is 0 Å². The third-order valence-electron chi connectivity index (χ3n) is 5.24. The molecule has 3 rings (SSSR count). The predicted octanol–water partition coefficient (Wildman–Crippen LogP) is 3.02. The largest absolute Gasteiger partial charge is 0.493 e. The van der Waals surface area contributed by atoms with Gasteiger partial charge in [0.25, 0.3) is 0 Å². The summed E-state index contributed by atoms with van der Waals surface area (Å²) in [7, 11) is 3.25. The Labute approximate surface area is 161 Å². The molecule has 0 spiro atoms. The molecule has 5 nitrogen and oxygen atoms in total. The van der Waals surface area contributed by atoms with Gasteiger partial charge >= 0.3 is 0 Å². The van der Waals surface area contributed by atoms with E-state index in [-0.39, 0.29) is 17.9 Å². The fourth-order valence-corrected chi connectivity index (χ4v) is 3.55. The lowest BCUT2D eigenvalue weighted by atomic mass is 9.95. The van der Waals surface area contributed by atoms with Crippen molar-refractivity contribution < 1.29 is 14.3 Å². The van der Waals surface area contributed by atoms with Crippen LogP contribution in [0.1, 0.15) is 29.2 Å². The lowest BCUT2D eigenvalue weighted by Crippen LogP contribution is -2.36. The summed E-state index contributed by atoms with van der Waals surface area (Å²) < 4.78 is 10.8. The molecule has 0 radical (unpaired) electrons. The Bertz CT molecular complexity index is 785. The first kappa shape index (κ1) is 19.2. The minimum Gasteiger partial charge on any atom is -0.493 e. The number of benzene rings is 2. The van der Waals surface area contributed by atoms with Gasteiger partial charge in [-0.05, 0) is 55.1 Å². The lowest BCUT2D eigenvalue weighted by molar-refractivity contribution is -0.125. The van der Waals surface area contributed by atoms with Gasteiger partial charge in [-0.3, -0.25) is 4.79 Å². The third kappa shape index (κ3) is 4.61. The SMILES string of the molecule is COc1ccc(C(Cc2ccccc2C)NC(=O)C2CCNC2)cc1OC. The summed E-state index contributed by atoms with van der Waals surface area (Å²) in [5.74, 6) is 1.49. The van der Waals surface area contributed by atoms with Crippen LogP contribution in [0.25, 0.3) is 0 Å². The minimum absolute atomic E-state index is 0.0320. The van der Waals surface area contributed by atoms with Crippen molar-refractivity contribution in [2.75, 3.05) is 27.3 Å². The number of rotatable bonds is 7. The second-order valence-electron chi connectivity index (χ2n) is 7.00. The Hall–Kier alpha value is -2.53. The summed E-state index contributed by atoms with van der Waals surface area (Å²) in [6.07, 6.45) is 1.61. The standard InChI is InChI=1S/C22H28N2O3/c1-15-6-4-5-7-16(15)12-19(24-22(25)18-10-11-23-14-18)17-8-9-20(26-2)21(13-17)27-3/h4-9,13,18-19,23H,10-12,14H2,1-3H3,(H,24,25). The summed E-state index contributed by atoms with van der Waals surface area (Å²) in [6.45, 7) is 3.75. The zero-order chi connectivity index (χ0) is 19.2. The molecule has 2 aromatic rings. The third-order valence-corrected chi connectivity index (χ3v) is 5.24. The highest BCUT2D eigenvalue weighted by Crippen LogP contribution is 2.31. The maximum atomic E-state index is 12.8. The molecule has 1 heterocycles. The van der Waals surface area contributed by atoms with E-state index in [4.69, 9.17) is 9.47 Å². The predicted molar refractivity (Wildman–Crippen MR) is 106 cm³/mol. The minimum atomic E-state index is -0.126. The number of ether oxygens (including phenoxy) is 2. The van der Waals surface area contributed by atoms with Crippen LogP contribution in [0.5, 0.6) is 11.5 Å². The van der Waals surface area contributed by atoms with E-state index in [0.29, 0.717) is 11.5 Å². The molecule has 1 amide bonds. The topological polar surface area (TPSA) is 59.6 Å². The number of carbonyl (C=O) groups excluding carboxylic acids is 1. The van der Waals surface area contributed by atoms with Gasteiger partial charge in [-0.1, -0.05) is 30.3 Å². The first-order valence-electron chi connectivity index (χ1n) is 9.40. The van der Waals surface area contributed by atoms with Crippen LogP contribution in [-0.4, -0.2) is 33.2 Å². The molecule has 1 aliphatic rings. The van der Waals surface area contributed by atoms with Crippen molar-refractivity contribution in [3.8, 4) is 11.5 Å². The van der Waals surface area contributed by atoms with Gasteiger partial charge in [0.2, 0.25) is 5.91 Å². The first-order valence-corrected chi connectivity index (χ1v) is 9.40. The van der Waals surface area contributed by atoms with E-state index in [1.807, 2.05) is 30.3 Å². The van der Waals surface area contributed by atoms with Crippen LogP contribution >= 0.6 is 0 Å². The highest BCUT2D eigenvalue weighted by Gasteiger charge is 2.26. The highest BCUT2D eigenvalue weighted by molar-refractivity contribution is 5.79. The molecule has 5 heteroatoms. The van der Waals surface area contributed by atoms with Crippen molar-refractivity contribution in [3.63, 3.8) is 0 Å². The molecule has 27 heavy (non-hydrogen) atoms. The number of nitrogens with one attached hydrogen (secondary N) is 2. The second kappa shape index (κ2) is 8.91. The monoisotopic (exact) mass is 368 g/mol. The molecule has 2 unspecified atom stereocenters. The average Bonchev–Trinajstić information content (AvgIpc) is 3.23. The number of carbonyl (C=O) groups is 1. The molecule has 2 atom stereocenters. The van der Waals surface area contributed by atoms with Crippen LogP contribution in [0.3, 0.4) is 0 Å². The van der Waals surface area contributed by atoms with Crippen LogP contribution < -0.4 is 20.1 Å². The summed E-state index contributed by atoms with van der Waals surface area (Å²) >= 11 is 0. The summed E-state index contributed by atoms with van der Waals surface area (Å²) in [4.78, 5) is 12.8. The molecular weight excluding hydrogens is 340 g/mol. The molecule has 2 N–H and O–H groups in total. The van der Waals surface area contributed by atoms with Gasteiger partial charge in [0.05, 0.1) is 26.2 Å². The molecule has 1 saturated heterocycles. The molecule has 2 aromatic carbocycles.